The SMILES string of the molecule is COCc1ccccc1NC(=O)N(C)CCC(C)O. The van der Waals surface area contributed by atoms with Gasteiger partial charge in [-0.2, -0.15) is 0 Å². The van der Waals surface area contributed by atoms with Gasteiger partial charge in [-0.3, -0.25) is 0 Å². The van der Waals surface area contributed by atoms with Gasteiger partial charge in [-0.15, -0.1) is 0 Å². The number of carbonyl (C=O) groups excluding carboxylic acids is 1. The Hall–Kier alpha value is -1.59. The van der Waals surface area contributed by atoms with E-state index in [0.29, 0.717) is 19.6 Å². The molecule has 0 fully saturated rings. The van der Waals surface area contributed by atoms with E-state index in [9.17, 15) is 9.90 Å². The normalized spacial score (nSPS) is 12.0. The Kier molecular flexibility index (Phi) is 6.32. The fourth-order valence-corrected chi connectivity index (χ4v) is 1.62. The van der Waals surface area contributed by atoms with Crippen LogP contribution in [0.3, 0.4) is 0 Å². The molecular weight excluding hydrogens is 244 g/mol. The third-order valence-corrected chi connectivity index (χ3v) is 2.79. The van der Waals surface area contributed by atoms with E-state index in [1.54, 1.807) is 26.0 Å². The first-order valence-electron chi connectivity index (χ1n) is 6.31. The van der Waals surface area contributed by atoms with Crippen molar-refractivity contribution in [2.75, 3.05) is 26.0 Å². The Balaban J connectivity index is 2.60. The summed E-state index contributed by atoms with van der Waals surface area (Å²) in [5.74, 6) is 0. The molecule has 0 aliphatic heterocycles. The standard InChI is InChI=1S/C14H22N2O3/c1-11(17)8-9-16(2)14(18)15-13-7-5-4-6-12(13)10-19-3/h4-7,11,17H,8-10H2,1-3H3,(H,15,18). The lowest BCUT2D eigenvalue weighted by atomic mass is 10.2. The summed E-state index contributed by atoms with van der Waals surface area (Å²) in [5.41, 5.74) is 1.68. The molecule has 2 N–H and O–H groups in total. The molecule has 0 spiro atoms. The van der Waals surface area contributed by atoms with E-state index in [2.05, 4.69) is 5.32 Å². The second-order valence-electron chi connectivity index (χ2n) is 4.58. The van der Waals surface area contributed by atoms with Crippen LogP contribution in [0.5, 0.6) is 0 Å². The maximum atomic E-state index is 12.0. The molecule has 106 valence electrons. The monoisotopic (exact) mass is 266 g/mol. The van der Waals surface area contributed by atoms with Crippen molar-refractivity contribution >= 4 is 11.7 Å². The summed E-state index contributed by atoms with van der Waals surface area (Å²) in [7, 11) is 3.32. The number of hydrogen-bond acceptors (Lipinski definition) is 3. The summed E-state index contributed by atoms with van der Waals surface area (Å²) >= 11 is 0. The molecule has 1 unspecified atom stereocenters. The summed E-state index contributed by atoms with van der Waals surface area (Å²) in [6.45, 7) is 2.67. The summed E-state index contributed by atoms with van der Waals surface area (Å²) in [4.78, 5) is 13.5. The number of benzene rings is 1. The number of amides is 2. The summed E-state index contributed by atoms with van der Waals surface area (Å²) in [5, 5.41) is 12.1. The average molecular weight is 266 g/mol. The summed E-state index contributed by atoms with van der Waals surface area (Å²) in [6, 6.07) is 7.33. The third-order valence-electron chi connectivity index (χ3n) is 2.79. The number of para-hydroxylation sites is 1. The van der Waals surface area contributed by atoms with Crippen molar-refractivity contribution in [1.29, 1.82) is 0 Å². The van der Waals surface area contributed by atoms with E-state index in [-0.39, 0.29) is 6.03 Å². The van der Waals surface area contributed by atoms with Crippen molar-refractivity contribution in [2.45, 2.75) is 26.1 Å². The number of aliphatic hydroxyl groups excluding tert-OH is 1. The maximum Gasteiger partial charge on any atom is 0.321 e. The molecule has 0 saturated carbocycles. The van der Waals surface area contributed by atoms with Crippen molar-refractivity contribution < 1.29 is 14.6 Å². The van der Waals surface area contributed by atoms with E-state index in [0.717, 1.165) is 11.3 Å². The van der Waals surface area contributed by atoms with Crippen LogP contribution in [-0.4, -0.2) is 42.8 Å². The largest absolute Gasteiger partial charge is 0.393 e. The zero-order chi connectivity index (χ0) is 14.3. The van der Waals surface area contributed by atoms with Crippen LogP contribution < -0.4 is 5.32 Å². The Morgan fingerprint density at radius 1 is 1.47 bits per heavy atom. The van der Waals surface area contributed by atoms with Crippen LogP contribution >= 0.6 is 0 Å². The second-order valence-corrected chi connectivity index (χ2v) is 4.58. The van der Waals surface area contributed by atoms with Crippen LogP contribution in [0.15, 0.2) is 24.3 Å². The number of rotatable bonds is 6. The zero-order valence-corrected chi connectivity index (χ0v) is 11.7. The van der Waals surface area contributed by atoms with Crippen LogP contribution in [0.2, 0.25) is 0 Å². The number of aliphatic hydroxyl groups is 1. The lowest BCUT2D eigenvalue weighted by Crippen LogP contribution is -2.33. The number of urea groups is 1. The number of hydrogen-bond donors (Lipinski definition) is 2. The summed E-state index contributed by atoms with van der Waals surface area (Å²) < 4.78 is 5.09. The quantitative estimate of drug-likeness (QED) is 0.828. The highest BCUT2D eigenvalue weighted by atomic mass is 16.5. The van der Waals surface area contributed by atoms with Gasteiger partial charge in [0, 0.05) is 32.0 Å². The van der Waals surface area contributed by atoms with Gasteiger partial charge in [-0.1, -0.05) is 18.2 Å². The van der Waals surface area contributed by atoms with Crippen LogP contribution in [0.4, 0.5) is 10.5 Å². The minimum absolute atomic E-state index is 0.191. The van der Waals surface area contributed by atoms with Crippen molar-refractivity contribution in [3.8, 4) is 0 Å². The van der Waals surface area contributed by atoms with Crippen LogP contribution in [0, 0.1) is 0 Å². The molecule has 5 heteroatoms. The number of anilines is 1. The smallest absolute Gasteiger partial charge is 0.321 e. The molecule has 0 bridgehead atoms. The van der Waals surface area contributed by atoms with Crippen molar-refractivity contribution in [1.82, 2.24) is 4.90 Å². The Morgan fingerprint density at radius 2 is 2.16 bits per heavy atom. The van der Waals surface area contributed by atoms with Crippen LogP contribution in [0.25, 0.3) is 0 Å². The topological polar surface area (TPSA) is 61.8 Å². The molecule has 1 atom stereocenters. The fourth-order valence-electron chi connectivity index (χ4n) is 1.62. The van der Waals surface area contributed by atoms with E-state index in [1.165, 1.54) is 0 Å². The van der Waals surface area contributed by atoms with Crippen molar-refractivity contribution in [3.05, 3.63) is 29.8 Å². The maximum absolute atomic E-state index is 12.0. The lowest BCUT2D eigenvalue weighted by molar-refractivity contribution is 0.167. The number of carbonyl (C=O) groups is 1. The van der Waals surface area contributed by atoms with Gasteiger partial charge in [0.2, 0.25) is 0 Å². The average Bonchev–Trinajstić information content (AvgIpc) is 2.38. The number of methoxy groups -OCH3 is 1. The molecule has 0 aliphatic rings. The van der Waals surface area contributed by atoms with Crippen molar-refractivity contribution in [2.24, 2.45) is 0 Å². The first kappa shape index (κ1) is 15.5. The van der Waals surface area contributed by atoms with Gasteiger partial charge in [0.05, 0.1) is 12.7 Å². The van der Waals surface area contributed by atoms with E-state index >= 15 is 0 Å². The van der Waals surface area contributed by atoms with E-state index < -0.39 is 6.10 Å². The summed E-state index contributed by atoms with van der Waals surface area (Å²) in [6.07, 6.45) is 0.153. The first-order chi connectivity index (χ1) is 9.04. The van der Waals surface area contributed by atoms with E-state index in [4.69, 9.17) is 4.74 Å². The van der Waals surface area contributed by atoms with E-state index in [1.807, 2.05) is 24.3 Å². The number of nitrogens with one attached hydrogen (secondary N) is 1. The lowest BCUT2D eigenvalue weighted by Gasteiger charge is -2.19. The Bertz CT molecular complexity index is 407. The molecule has 1 rings (SSSR count). The molecule has 19 heavy (non-hydrogen) atoms. The highest BCUT2D eigenvalue weighted by Crippen LogP contribution is 2.16. The van der Waals surface area contributed by atoms with Gasteiger partial charge in [-0.25, -0.2) is 4.79 Å². The molecular formula is C14H22N2O3. The molecule has 5 nitrogen and oxygen atoms in total. The van der Waals surface area contributed by atoms with Gasteiger partial charge in [-0.05, 0) is 19.4 Å². The second kappa shape index (κ2) is 7.76. The molecule has 0 radical (unpaired) electrons. The minimum atomic E-state index is -0.406. The molecule has 0 aromatic heterocycles. The number of nitrogens with zero attached hydrogens (tertiary/aromatic N) is 1. The minimum Gasteiger partial charge on any atom is -0.393 e. The highest BCUT2D eigenvalue weighted by Gasteiger charge is 2.11. The van der Waals surface area contributed by atoms with Gasteiger partial charge >= 0.3 is 6.03 Å². The molecule has 0 aliphatic carbocycles. The van der Waals surface area contributed by atoms with Gasteiger partial charge in [0.15, 0.2) is 0 Å². The molecule has 2 amide bonds. The van der Waals surface area contributed by atoms with Crippen LogP contribution in [-0.2, 0) is 11.3 Å². The molecule has 0 saturated heterocycles. The van der Waals surface area contributed by atoms with Gasteiger partial charge in [0.25, 0.3) is 0 Å². The fraction of sp³-hybridized carbons (Fsp3) is 0.500. The highest BCUT2D eigenvalue weighted by molar-refractivity contribution is 5.89. The first-order valence-corrected chi connectivity index (χ1v) is 6.31. The molecule has 1 aromatic rings. The van der Waals surface area contributed by atoms with Gasteiger partial charge in [0.1, 0.15) is 0 Å². The Morgan fingerprint density at radius 3 is 2.79 bits per heavy atom. The van der Waals surface area contributed by atoms with Crippen molar-refractivity contribution in [3.63, 3.8) is 0 Å². The third kappa shape index (κ3) is 5.28. The van der Waals surface area contributed by atoms with Gasteiger partial charge < -0.3 is 20.1 Å². The Labute approximate surface area is 114 Å². The zero-order valence-electron chi connectivity index (χ0n) is 11.7. The molecule has 0 heterocycles. The predicted octanol–water partition coefficient (Wildman–Crippen LogP) is 2.07. The molecule has 1 aromatic carbocycles. The predicted molar refractivity (Wildman–Crippen MR) is 75.1 cm³/mol. The van der Waals surface area contributed by atoms with Crippen LogP contribution in [0.1, 0.15) is 18.9 Å². The number of ether oxygens (including phenoxy) is 1.